The third-order valence-corrected chi connectivity index (χ3v) is 4.30. The number of nitrogens with one attached hydrogen (secondary N) is 3. The molecule has 23 heavy (non-hydrogen) atoms. The van der Waals surface area contributed by atoms with E-state index in [2.05, 4.69) is 16.2 Å². The molecule has 2 aromatic carbocycles. The molecule has 0 aliphatic carbocycles. The van der Waals surface area contributed by atoms with Gasteiger partial charge in [-0.1, -0.05) is 35.9 Å². The monoisotopic (exact) mass is 345 g/mol. The molecule has 3 rings (SSSR count). The van der Waals surface area contributed by atoms with Gasteiger partial charge in [0.1, 0.15) is 0 Å². The third-order valence-electron chi connectivity index (χ3n) is 3.10. The van der Waals surface area contributed by atoms with E-state index in [1.165, 1.54) is 11.3 Å². The van der Waals surface area contributed by atoms with Crippen LogP contribution in [0.15, 0.2) is 53.9 Å². The molecule has 0 aliphatic rings. The van der Waals surface area contributed by atoms with Crippen molar-refractivity contribution in [2.45, 2.75) is 0 Å². The number of thiophene rings is 1. The van der Waals surface area contributed by atoms with Crippen molar-refractivity contribution in [3.63, 3.8) is 0 Å². The normalized spacial score (nSPS) is 10.3. The van der Waals surface area contributed by atoms with Crippen LogP contribution in [0.5, 0.6) is 0 Å². The van der Waals surface area contributed by atoms with E-state index in [4.69, 9.17) is 11.6 Å². The molecule has 0 bridgehead atoms. The van der Waals surface area contributed by atoms with E-state index in [0.29, 0.717) is 16.3 Å². The Labute approximate surface area is 141 Å². The zero-order chi connectivity index (χ0) is 16.2. The number of carbonyl (C=O) groups excluding carboxylic acids is 2. The number of fused-ring (bicyclic) bond motifs is 1. The number of hydrazine groups is 1. The Morgan fingerprint density at radius 2 is 1.83 bits per heavy atom. The van der Waals surface area contributed by atoms with E-state index in [1.54, 1.807) is 29.6 Å². The molecular formula is C16H12ClN3O2S. The van der Waals surface area contributed by atoms with E-state index in [-0.39, 0.29) is 5.91 Å². The smallest absolute Gasteiger partial charge is 0.307 e. The summed E-state index contributed by atoms with van der Waals surface area (Å²) in [5.74, 6) is -0.372. The van der Waals surface area contributed by atoms with Gasteiger partial charge >= 0.3 is 6.03 Å². The van der Waals surface area contributed by atoms with Crippen LogP contribution in [-0.2, 0) is 0 Å². The van der Waals surface area contributed by atoms with E-state index in [1.807, 2.05) is 24.3 Å². The molecule has 0 radical (unpaired) electrons. The highest BCUT2D eigenvalue weighted by Crippen LogP contribution is 2.25. The van der Waals surface area contributed by atoms with Crippen LogP contribution in [0.25, 0.3) is 10.1 Å². The van der Waals surface area contributed by atoms with Crippen LogP contribution in [0.2, 0.25) is 5.02 Å². The molecule has 0 saturated carbocycles. The SMILES string of the molecule is O=C(NNC(=O)c1csc2ccccc12)Nc1cccc(Cl)c1. The molecule has 0 unspecified atom stereocenters. The van der Waals surface area contributed by atoms with Crippen LogP contribution in [0.3, 0.4) is 0 Å². The summed E-state index contributed by atoms with van der Waals surface area (Å²) in [5, 5.41) is 5.70. The second-order valence-electron chi connectivity index (χ2n) is 4.69. The predicted octanol–water partition coefficient (Wildman–Crippen LogP) is 4.02. The Bertz CT molecular complexity index is 878. The average molecular weight is 346 g/mol. The van der Waals surface area contributed by atoms with E-state index in [0.717, 1.165) is 10.1 Å². The van der Waals surface area contributed by atoms with Crippen molar-refractivity contribution in [2.24, 2.45) is 0 Å². The minimum Gasteiger partial charge on any atom is -0.307 e. The van der Waals surface area contributed by atoms with Gasteiger partial charge in [-0.15, -0.1) is 11.3 Å². The van der Waals surface area contributed by atoms with Gasteiger partial charge in [0.25, 0.3) is 5.91 Å². The lowest BCUT2D eigenvalue weighted by atomic mass is 10.2. The van der Waals surface area contributed by atoms with Crippen LogP contribution in [0.1, 0.15) is 10.4 Å². The van der Waals surface area contributed by atoms with Crippen LogP contribution < -0.4 is 16.2 Å². The Morgan fingerprint density at radius 1 is 1.00 bits per heavy atom. The maximum Gasteiger partial charge on any atom is 0.337 e. The predicted molar refractivity (Wildman–Crippen MR) is 92.9 cm³/mol. The lowest BCUT2D eigenvalue weighted by molar-refractivity contribution is 0.0940. The summed E-state index contributed by atoms with van der Waals surface area (Å²) < 4.78 is 1.01. The molecule has 1 aromatic heterocycles. The van der Waals surface area contributed by atoms with Crippen molar-refractivity contribution in [1.29, 1.82) is 0 Å². The molecule has 5 nitrogen and oxygen atoms in total. The van der Waals surface area contributed by atoms with Gasteiger partial charge in [0.05, 0.1) is 5.56 Å². The maximum atomic E-state index is 12.2. The minimum atomic E-state index is -0.555. The largest absolute Gasteiger partial charge is 0.337 e. The van der Waals surface area contributed by atoms with Gasteiger partial charge in [0.2, 0.25) is 0 Å². The van der Waals surface area contributed by atoms with Gasteiger partial charge < -0.3 is 5.32 Å². The molecule has 116 valence electrons. The summed E-state index contributed by atoms with van der Waals surface area (Å²) in [5.41, 5.74) is 5.75. The van der Waals surface area contributed by atoms with Crippen LogP contribution >= 0.6 is 22.9 Å². The number of rotatable bonds is 2. The number of hydrogen-bond acceptors (Lipinski definition) is 3. The number of carbonyl (C=O) groups is 2. The molecule has 3 N–H and O–H groups in total. The summed E-state index contributed by atoms with van der Waals surface area (Å²) in [6.07, 6.45) is 0. The second-order valence-corrected chi connectivity index (χ2v) is 6.04. The van der Waals surface area contributed by atoms with E-state index >= 15 is 0 Å². The lowest BCUT2D eigenvalue weighted by Crippen LogP contribution is -2.43. The zero-order valence-electron chi connectivity index (χ0n) is 11.8. The highest BCUT2D eigenvalue weighted by Gasteiger charge is 2.12. The molecule has 0 saturated heterocycles. The number of benzene rings is 2. The first-order valence-corrected chi connectivity index (χ1v) is 7.98. The number of hydrogen-bond donors (Lipinski definition) is 3. The molecule has 7 heteroatoms. The quantitative estimate of drug-likeness (QED) is 0.614. The fourth-order valence-corrected chi connectivity index (χ4v) is 3.19. The Balaban J connectivity index is 1.61. The highest BCUT2D eigenvalue weighted by atomic mass is 35.5. The Hall–Kier alpha value is -2.57. The van der Waals surface area contributed by atoms with Crippen LogP contribution in [0.4, 0.5) is 10.5 Å². The fraction of sp³-hybridized carbons (Fsp3) is 0. The number of urea groups is 1. The Morgan fingerprint density at radius 3 is 2.65 bits per heavy atom. The molecule has 0 atom stereocenters. The minimum absolute atomic E-state index is 0.372. The van der Waals surface area contributed by atoms with Gasteiger partial charge in [-0.25, -0.2) is 10.2 Å². The summed E-state index contributed by atoms with van der Waals surface area (Å²) in [7, 11) is 0. The summed E-state index contributed by atoms with van der Waals surface area (Å²) in [6, 6.07) is 13.8. The van der Waals surface area contributed by atoms with Crippen molar-refractivity contribution in [1.82, 2.24) is 10.9 Å². The zero-order valence-corrected chi connectivity index (χ0v) is 13.4. The standard InChI is InChI=1S/C16H12ClN3O2S/c17-10-4-3-5-11(8-10)18-16(22)20-19-15(21)13-9-23-14-7-2-1-6-12(13)14/h1-9H,(H,19,21)(H2,18,20,22). The van der Waals surface area contributed by atoms with Crippen molar-refractivity contribution >= 4 is 50.6 Å². The molecular weight excluding hydrogens is 334 g/mol. The first-order chi connectivity index (χ1) is 11.1. The van der Waals surface area contributed by atoms with Gasteiger partial charge in [-0.3, -0.25) is 10.2 Å². The van der Waals surface area contributed by atoms with Gasteiger partial charge in [-0.05, 0) is 24.3 Å². The first-order valence-electron chi connectivity index (χ1n) is 6.72. The highest BCUT2D eigenvalue weighted by molar-refractivity contribution is 7.17. The van der Waals surface area contributed by atoms with Crippen LogP contribution in [-0.4, -0.2) is 11.9 Å². The number of amides is 3. The molecule has 3 aromatic rings. The molecule has 3 amide bonds. The third kappa shape index (κ3) is 3.61. The summed E-state index contributed by atoms with van der Waals surface area (Å²) in [6.45, 7) is 0. The molecule has 0 aliphatic heterocycles. The summed E-state index contributed by atoms with van der Waals surface area (Å²) in [4.78, 5) is 23.9. The van der Waals surface area contributed by atoms with Crippen molar-refractivity contribution in [2.75, 3.05) is 5.32 Å². The Kier molecular flexibility index (Phi) is 4.45. The van der Waals surface area contributed by atoms with Crippen LogP contribution in [0, 0.1) is 0 Å². The van der Waals surface area contributed by atoms with Gasteiger partial charge in [0.15, 0.2) is 0 Å². The fourth-order valence-electron chi connectivity index (χ4n) is 2.06. The lowest BCUT2D eigenvalue weighted by Gasteiger charge is -2.09. The number of anilines is 1. The van der Waals surface area contributed by atoms with Gasteiger partial charge in [0, 0.05) is 26.2 Å². The topological polar surface area (TPSA) is 70.2 Å². The van der Waals surface area contributed by atoms with Gasteiger partial charge in [-0.2, -0.15) is 0 Å². The van der Waals surface area contributed by atoms with E-state index < -0.39 is 6.03 Å². The van der Waals surface area contributed by atoms with Crippen molar-refractivity contribution in [3.8, 4) is 0 Å². The second kappa shape index (κ2) is 6.68. The van der Waals surface area contributed by atoms with E-state index in [9.17, 15) is 9.59 Å². The molecule has 1 heterocycles. The van der Waals surface area contributed by atoms with Crippen molar-refractivity contribution < 1.29 is 9.59 Å². The van der Waals surface area contributed by atoms with Crippen molar-refractivity contribution in [3.05, 3.63) is 64.5 Å². The summed E-state index contributed by atoms with van der Waals surface area (Å²) >= 11 is 7.32. The molecule has 0 fully saturated rings. The average Bonchev–Trinajstić information content (AvgIpc) is 2.97. The molecule has 0 spiro atoms. The first kappa shape index (κ1) is 15.3. The maximum absolute atomic E-state index is 12.2. The number of halogens is 1.